The van der Waals surface area contributed by atoms with Crippen LogP contribution in [-0.2, 0) is 23.8 Å². The van der Waals surface area contributed by atoms with Crippen LogP contribution in [0.1, 0.15) is 27.7 Å². The van der Waals surface area contributed by atoms with Crippen molar-refractivity contribution >= 4 is 29.4 Å². The quantitative estimate of drug-likeness (QED) is 0.161. The number of nitrogens with zero attached hydrogens (tertiary/aromatic N) is 1. The first-order chi connectivity index (χ1) is 10.8. The summed E-state index contributed by atoms with van der Waals surface area (Å²) in [6.45, 7) is 7.88. The third kappa shape index (κ3) is 8.56. The van der Waals surface area contributed by atoms with E-state index in [0.29, 0.717) is 12.5 Å². The van der Waals surface area contributed by atoms with E-state index in [4.69, 9.17) is 31.5 Å². The van der Waals surface area contributed by atoms with Gasteiger partial charge in [0, 0.05) is 11.3 Å². The molecule has 0 bridgehead atoms. The first-order valence-electron chi connectivity index (χ1n) is 7.32. The van der Waals surface area contributed by atoms with Crippen molar-refractivity contribution in [3.8, 4) is 0 Å². The number of aliphatic imine (C=N–C) groups is 1. The average Bonchev–Trinajstić information content (AvgIpc) is 2.47. The molecular weight excluding hydrogens is 324 g/mol. The predicted octanol–water partition coefficient (Wildman–Crippen LogP) is 1.64. The van der Waals surface area contributed by atoms with Crippen LogP contribution >= 0.6 is 11.6 Å². The lowest BCUT2D eigenvalue weighted by Gasteiger charge is -2.23. The summed E-state index contributed by atoms with van der Waals surface area (Å²) in [6, 6.07) is 0. The second-order valence-electron chi connectivity index (χ2n) is 5.12. The average molecular weight is 349 g/mol. The van der Waals surface area contributed by atoms with Gasteiger partial charge in [0.05, 0.1) is 32.5 Å². The standard InChI is InChI=1S/C15H25ClN2O5/c1-5-22-12(19)9-11(13(20)23-6-2)18-14(17)15(3,4)10-21-8-7-16/h9H,5-8,10H2,1-4H3,(H2,17,18). The highest BCUT2D eigenvalue weighted by atomic mass is 35.5. The highest BCUT2D eigenvalue weighted by molar-refractivity contribution is 6.17. The zero-order valence-electron chi connectivity index (χ0n) is 14.1. The van der Waals surface area contributed by atoms with Crippen LogP contribution in [0.5, 0.6) is 0 Å². The second-order valence-corrected chi connectivity index (χ2v) is 5.50. The molecule has 7 nitrogen and oxygen atoms in total. The molecule has 0 aromatic carbocycles. The Labute approximate surface area is 141 Å². The first kappa shape index (κ1) is 21.4. The third-order valence-corrected chi connectivity index (χ3v) is 2.80. The minimum atomic E-state index is -0.749. The molecule has 0 spiro atoms. The second kappa shape index (κ2) is 11.0. The van der Waals surface area contributed by atoms with Crippen molar-refractivity contribution in [3.05, 3.63) is 11.8 Å². The van der Waals surface area contributed by atoms with Gasteiger partial charge in [0.1, 0.15) is 5.84 Å². The number of esters is 2. The van der Waals surface area contributed by atoms with Gasteiger partial charge in [0.25, 0.3) is 0 Å². The Kier molecular flexibility index (Phi) is 10.2. The third-order valence-electron chi connectivity index (χ3n) is 2.64. The Morgan fingerprint density at radius 1 is 1.22 bits per heavy atom. The number of rotatable bonds is 10. The first-order valence-corrected chi connectivity index (χ1v) is 7.85. The fourth-order valence-corrected chi connectivity index (χ4v) is 1.48. The van der Waals surface area contributed by atoms with E-state index in [0.717, 1.165) is 6.08 Å². The maximum atomic E-state index is 11.9. The lowest BCUT2D eigenvalue weighted by molar-refractivity contribution is -0.141. The molecule has 0 aliphatic heterocycles. The van der Waals surface area contributed by atoms with Crippen molar-refractivity contribution in [3.63, 3.8) is 0 Å². The van der Waals surface area contributed by atoms with Crippen LogP contribution in [0.2, 0.25) is 0 Å². The van der Waals surface area contributed by atoms with E-state index in [9.17, 15) is 9.59 Å². The van der Waals surface area contributed by atoms with Crippen molar-refractivity contribution in [2.75, 3.05) is 32.3 Å². The number of carbonyl (C=O) groups excluding carboxylic acids is 2. The van der Waals surface area contributed by atoms with Crippen molar-refractivity contribution in [1.82, 2.24) is 0 Å². The van der Waals surface area contributed by atoms with Crippen LogP contribution in [0.15, 0.2) is 16.8 Å². The summed E-state index contributed by atoms with van der Waals surface area (Å²) >= 11 is 5.55. The number of nitrogens with two attached hydrogens (primary N) is 1. The number of carbonyl (C=O) groups is 2. The molecule has 0 aliphatic carbocycles. The molecule has 0 fully saturated rings. The van der Waals surface area contributed by atoms with Gasteiger partial charge in [-0.05, 0) is 13.8 Å². The topological polar surface area (TPSA) is 100 Å². The Hall–Kier alpha value is -1.60. The Balaban J connectivity index is 5.30. The lowest BCUT2D eigenvalue weighted by atomic mass is 9.93. The van der Waals surface area contributed by atoms with Crippen molar-refractivity contribution in [2.45, 2.75) is 27.7 Å². The molecule has 132 valence electrons. The van der Waals surface area contributed by atoms with Crippen LogP contribution in [-0.4, -0.2) is 50.1 Å². The van der Waals surface area contributed by atoms with E-state index in [-0.39, 0.29) is 31.4 Å². The van der Waals surface area contributed by atoms with Crippen LogP contribution in [0.4, 0.5) is 0 Å². The normalized spacial score (nSPS) is 12.9. The van der Waals surface area contributed by atoms with Gasteiger partial charge < -0.3 is 19.9 Å². The van der Waals surface area contributed by atoms with Gasteiger partial charge in [-0.25, -0.2) is 14.6 Å². The van der Waals surface area contributed by atoms with E-state index in [2.05, 4.69) is 4.99 Å². The molecule has 8 heteroatoms. The molecular formula is C15H25ClN2O5. The molecule has 0 aromatic heterocycles. The molecule has 0 amide bonds. The van der Waals surface area contributed by atoms with Gasteiger partial charge in [0.15, 0.2) is 5.70 Å². The summed E-state index contributed by atoms with van der Waals surface area (Å²) in [4.78, 5) is 27.5. The largest absolute Gasteiger partial charge is 0.463 e. The molecule has 0 saturated heterocycles. The lowest BCUT2D eigenvalue weighted by Crippen LogP contribution is -2.36. The number of hydrogen-bond donors (Lipinski definition) is 1. The summed E-state index contributed by atoms with van der Waals surface area (Å²) < 4.78 is 15.0. The summed E-state index contributed by atoms with van der Waals surface area (Å²) in [5.41, 5.74) is 5.09. The molecule has 0 saturated carbocycles. The maximum Gasteiger partial charge on any atom is 0.357 e. The predicted molar refractivity (Wildman–Crippen MR) is 88.3 cm³/mol. The molecule has 2 N–H and O–H groups in total. The molecule has 0 radical (unpaired) electrons. The van der Waals surface area contributed by atoms with Crippen molar-refractivity contribution in [1.29, 1.82) is 0 Å². The summed E-state index contributed by atoms with van der Waals surface area (Å²) in [6.07, 6.45) is 0.962. The van der Waals surface area contributed by atoms with Gasteiger partial charge in [0.2, 0.25) is 0 Å². The number of alkyl halides is 1. The van der Waals surface area contributed by atoms with Gasteiger partial charge >= 0.3 is 11.9 Å². The number of halogens is 1. The fraction of sp³-hybridized carbons (Fsp3) is 0.667. The Morgan fingerprint density at radius 2 is 1.83 bits per heavy atom. The number of ether oxygens (including phenoxy) is 3. The summed E-state index contributed by atoms with van der Waals surface area (Å²) in [5.74, 6) is -0.941. The Bertz CT molecular complexity index is 461. The number of amidine groups is 1. The minimum absolute atomic E-state index is 0.135. The zero-order valence-corrected chi connectivity index (χ0v) is 14.8. The highest BCUT2D eigenvalue weighted by Gasteiger charge is 2.25. The molecule has 0 aromatic rings. The van der Waals surface area contributed by atoms with E-state index < -0.39 is 17.4 Å². The molecule has 23 heavy (non-hydrogen) atoms. The molecule has 0 heterocycles. The van der Waals surface area contributed by atoms with Gasteiger partial charge in [-0.2, -0.15) is 0 Å². The van der Waals surface area contributed by atoms with E-state index in [1.54, 1.807) is 27.7 Å². The smallest absolute Gasteiger partial charge is 0.357 e. The van der Waals surface area contributed by atoms with Gasteiger partial charge in [-0.3, -0.25) is 0 Å². The van der Waals surface area contributed by atoms with Crippen LogP contribution in [0.25, 0.3) is 0 Å². The molecule has 0 rings (SSSR count). The molecule has 0 unspecified atom stereocenters. The molecule has 0 aliphatic rings. The van der Waals surface area contributed by atoms with E-state index in [1.165, 1.54) is 0 Å². The minimum Gasteiger partial charge on any atom is -0.463 e. The monoisotopic (exact) mass is 348 g/mol. The fourth-order valence-electron chi connectivity index (χ4n) is 1.37. The van der Waals surface area contributed by atoms with E-state index in [1.807, 2.05) is 0 Å². The SMILES string of the molecule is CCOC(=O)C=C(N=C(N)C(C)(C)COCCCl)C(=O)OCC. The summed E-state index contributed by atoms with van der Waals surface area (Å²) in [7, 11) is 0. The highest BCUT2D eigenvalue weighted by Crippen LogP contribution is 2.17. The van der Waals surface area contributed by atoms with Crippen LogP contribution < -0.4 is 5.73 Å². The van der Waals surface area contributed by atoms with E-state index >= 15 is 0 Å². The van der Waals surface area contributed by atoms with Gasteiger partial charge in [-0.15, -0.1) is 11.6 Å². The van der Waals surface area contributed by atoms with Crippen molar-refractivity contribution < 1.29 is 23.8 Å². The zero-order chi connectivity index (χ0) is 17.9. The number of hydrogen-bond acceptors (Lipinski definition) is 6. The molecule has 0 atom stereocenters. The van der Waals surface area contributed by atoms with Gasteiger partial charge in [-0.1, -0.05) is 13.8 Å². The maximum absolute atomic E-state index is 11.9. The van der Waals surface area contributed by atoms with Crippen LogP contribution in [0, 0.1) is 5.41 Å². The van der Waals surface area contributed by atoms with Crippen LogP contribution in [0.3, 0.4) is 0 Å². The summed E-state index contributed by atoms with van der Waals surface area (Å²) in [5, 5.41) is 0. The van der Waals surface area contributed by atoms with Crippen molar-refractivity contribution in [2.24, 2.45) is 16.1 Å². The Morgan fingerprint density at radius 3 is 2.35 bits per heavy atom.